The normalized spacial score (nSPS) is 28.5. The molecule has 2 atom stereocenters. The van der Waals surface area contributed by atoms with Gasteiger partial charge in [-0.1, -0.05) is 6.42 Å². The molecule has 0 radical (unpaired) electrons. The molecule has 1 aromatic carbocycles. The topological polar surface area (TPSA) is 17.1 Å². The fraction of sp³-hybridized carbons (Fsp3) is 0.562. The summed E-state index contributed by atoms with van der Waals surface area (Å²) >= 11 is 1.89. The van der Waals surface area contributed by atoms with Gasteiger partial charge in [0.05, 0.1) is 5.56 Å². The highest BCUT2D eigenvalue weighted by atomic mass is 32.2. The van der Waals surface area contributed by atoms with E-state index in [9.17, 15) is 22.4 Å². The van der Waals surface area contributed by atoms with Gasteiger partial charge in [-0.15, -0.1) is 0 Å². The Bertz CT molecular complexity index is 572. The zero-order chi connectivity index (χ0) is 15.9. The maximum absolute atomic E-state index is 13.5. The predicted octanol–water partition coefficient (Wildman–Crippen LogP) is 5.09. The molecular weight excluding hydrogens is 316 g/mol. The minimum absolute atomic E-state index is 0.151. The quantitative estimate of drug-likeness (QED) is 0.554. The molecule has 0 spiro atoms. The van der Waals surface area contributed by atoms with E-state index in [2.05, 4.69) is 0 Å². The van der Waals surface area contributed by atoms with Crippen LogP contribution in [0.5, 0.6) is 0 Å². The average Bonchev–Trinajstić information content (AvgIpc) is 2.44. The van der Waals surface area contributed by atoms with E-state index in [0.717, 1.165) is 31.4 Å². The van der Waals surface area contributed by atoms with Gasteiger partial charge in [0.15, 0.2) is 5.78 Å². The molecule has 2 heterocycles. The van der Waals surface area contributed by atoms with Gasteiger partial charge < -0.3 is 0 Å². The van der Waals surface area contributed by atoms with Crippen LogP contribution in [0.1, 0.15) is 48.0 Å². The number of thioether (sulfide) groups is 1. The van der Waals surface area contributed by atoms with Crippen LogP contribution >= 0.6 is 11.8 Å². The Kier molecular flexibility index (Phi) is 4.23. The lowest BCUT2D eigenvalue weighted by molar-refractivity contribution is -0.137. The second-order valence-corrected chi connectivity index (χ2v) is 7.68. The molecule has 1 aromatic rings. The number of halogens is 4. The largest absolute Gasteiger partial charge is 0.416 e. The Morgan fingerprint density at radius 3 is 2.32 bits per heavy atom. The Labute approximate surface area is 130 Å². The van der Waals surface area contributed by atoms with Gasteiger partial charge in [-0.25, -0.2) is 4.39 Å². The first-order valence-corrected chi connectivity index (χ1v) is 8.34. The second-order valence-electron chi connectivity index (χ2n) is 6.07. The van der Waals surface area contributed by atoms with Crippen LogP contribution in [0.15, 0.2) is 18.2 Å². The lowest BCUT2D eigenvalue weighted by Gasteiger charge is -2.38. The van der Waals surface area contributed by atoms with Crippen LogP contribution in [0.4, 0.5) is 17.6 Å². The predicted molar refractivity (Wildman–Crippen MR) is 77.5 cm³/mol. The van der Waals surface area contributed by atoms with Crippen molar-refractivity contribution in [1.29, 1.82) is 0 Å². The summed E-state index contributed by atoms with van der Waals surface area (Å²) in [7, 11) is 0. The summed E-state index contributed by atoms with van der Waals surface area (Å²) in [6.45, 7) is 0. The van der Waals surface area contributed by atoms with Crippen LogP contribution in [0, 0.1) is 11.7 Å². The van der Waals surface area contributed by atoms with Gasteiger partial charge in [-0.3, -0.25) is 4.79 Å². The highest BCUT2D eigenvalue weighted by molar-refractivity contribution is 8.00. The summed E-state index contributed by atoms with van der Waals surface area (Å²) < 4.78 is 51.7. The number of Topliss-reactive ketones (excluding diaryl/α,β-unsaturated/α-hetero) is 1. The molecule has 2 aliphatic heterocycles. The Hall–Kier alpha value is -1.04. The monoisotopic (exact) mass is 332 g/mol. The van der Waals surface area contributed by atoms with Gasteiger partial charge in [0.2, 0.25) is 0 Å². The summed E-state index contributed by atoms with van der Waals surface area (Å²) in [4.78, 5) is 12.5. The SMILES string of the molecule is O=C(c1cc(F)cc(C(F)(F)F)c1)C1CC2CCCC(C1)S2. The molecule has 2 unspecified atom stereocenters. The lowest BCUT2D eigenvalue weighted by Crippen LogP contribution is -2.33. The molecule has 6 heteroatoms. The second kappa shape index (κ2) is 5.87. The molecule has 2 saturated heterocycles. The number of ketones is 1. The zero-order valence-corrected chi connectivity index (χ0v) is 12.6. The van der Waals surface area contributed by atoms with Gasteiger partial charge in [-0.2, -0.15) is 24.9 Å². The Morgan fingerprint density at radius 1 is 1.09 bits per heavy atom. The summed E-state index contributed by atoms with van der Waals surface area (Å²) in [5.74, 6) is -1.63. The minimum atomic E-state index is -4.64. The van der Waals surface area contributed by atoms with E-state index in [0.29, 0.717) is 29.4 Å². The molecule has 0 aliphatic carbocycles. The molecule has 22 heavy (non-hydrogen) atoms. The van der Waals surface area contributed by atoms with Crippen molar-refractivity contribution in [3.8, 4) is 0 Å². The standard InChI is InChI=1S/C16H16F4OS/c17-12-5-9(4-11(8-12)16(18,19)20)15(21)10-6-13-2-1-3-14(7-10)22-13/h4-5,8,10,13-14H,1-3,6-7H2. The summed E-state index contributed by atoms with van der Waals surface area (Å²) in [5.41, 5.74) is -1.25. The van der Waals surface area contributed by atoms with Crippen molar-refractivity contribution in [3.63, 3.8) is 0 Å². The number of carbonyl (C=O) groups is 1. The van der Waals surface area contributed by atoms with Gasteiger partial charge >= 0.3 is 6.18 Å². The van der Waals surface area contributed by atoms with Crippen LogP contribution in [-0.2, 0) is 6.18 Å². The molecule has 3 rings (SSSR count). The molecule has 0 saturated carbocycles. The van der Waals surface area contributed by atoms with Crippen molar-refractivity contribution >= 4 is 17.5 Å². The maximum atomic E-state index is 13.5. The van der Waals surface area contributed by atoms with Gasteiger partial charge in [-0.05, 0) is 43.9 Å². The molecule has 2 bridgehead atoms. The number of hydrogen-bond acceptors (Lipinski definition) is 2. The molecular formula is C16H16F4OS. The van der Waals surface area contributed by atoms with Gasteiger partial charge in [0, 0.05) is 22.0 Å². The van der Waals surface area contributed by atoms with E-state index in [1.807, 2.05) is 11.8 Å². The van der Waals surface area contributed by atoms with E-state index < -0.39 is 17.6 Å². The van der Waals surface area contributed by atoms with Crippen LogP contribution in [0.3, 0.4) is 0 Å². The fourth-order valence-electron chi connectivity index (χ4n) is 3.40. The first kappa shape index (κ1) is 15.8. The smallest absolute Gasteiger partial charge is 0.294 e. The molecule has 0 N–H and O–H groups in total. The number of hydrogen-bond donors (Lipinski definition) is 0. The highest BCUT2D eigenvalue weighted by Gasteiger charge is 2.37. The Balaban J connectivity index is 1.84. The van der Waals surface area contributed by atoms with Crippen LogP contribution in [-0.4, -0.2) is 16.3 Å². The van der Waals surface area contributed by atoms with Crippen LogP contribution in [0.2, 0.25) is 0 Å². The molecule has 0 aromatic heterocycles. The number of benzene rings is 1. The zero-order valence-electron chi connectivity index (χ0n) is 11.8. The molecule has 2 fully saturated rings. The van der Waals surface area contributed by atoms with Crippen LogP contribution in [0.25, 0.3) is 0 Å². The first-order chi connectivity index (χ1) is 10.3. The number of fused-ring (bicyclic) bond motifs is 2. The van der Waals surface area contributed by atoms with Crippen molar-refractivity contribution in [2.45, 2.75) is 48.8 Å². The van der Waals surface area contributed by atoms with E-state index in [1.165, 1.54) is 0 Å². The van der Waals surface area contributed by atoms with Gasteiger partial charge in [0.1, 0.15) is 5.82 Å². The fourth-order valence-corrected chi connectivity index (χ4v) is 5.24. The summed E-state index contributed by atoms with van der Waals surface area (Å²) in [5, 5.41) is 0.828. The number of carbonyl (C=O) groups excluding carboxylic acids is 1. The molecule has 1 nitrogen and oxygen atoms in total. The first-order valence-electron chi connectivity index (χ1n) is 7.40. The summed E-state index contributed by atoms with van der Waals surface area (Å²) in [6.07, 6.45) is 0.0109. The van der Waals surface area contributed by atoms with Crippen molar-refractivity contribution in [3.05, 3.63) is 35.1 Å². The third kappa shape index (κ3) is 3.31. The molecule has 2 aliphatic rings. The molecule has 0 amide bonds. The molecule has 120 valence electrons. The third-order valence-electron chi connectivity index (χ3n) is 4.41. The van der Waals surface area contributed by atoms with Crippen molar-refractivity contribution in [2.75, 3.05) is 0 Å². The van der Waals surface area contributed by atoms with Crippen LogP contribution < -0.4 is 0 Å². The van der Waals surface area contributed by atoms with E-state index >= 15 is 0 Å². The van der Waals surface area contributed by atoms with E-state index in [-0.39, 0.29) is 17.3 Å². The lowest BCUT2D eigenvalue weighted by atomic mass is 9.84. The third-order valence-corrected chi connectivity index (χ3v) is 6.04. The number of alkyl halides is 3. The number of rotatable bonds is 2. The average molecular weight is 332 g/mol. The van der Waals surface area contributed by atoms with E-state index in [1.54, 1.807) is 0 Å². The van der Waals surface area contributed by atoms with E-state index in [4.69, 9.17) is 0 Å². The van der Waals surface area contributed by atoms with Crippen molar-refractivity contribution in [2.24, 2.45) is 5.92 Å². The summed E-state index contributed by atoms with van der Waals surface area (Å²) in [6, 6.07) is 2.14. The minimum Gasteiger partial charge on any atom is -0.294 e. The van der Waals surface area contributed by atoms with Crippen molar-refractivity contribution in [1.82, 2.24) is 0 Å². The maximum Gasteiger partial charge on any atom is 0.416 e. The Morgan fingerprint density at radius 2 is 1.73 bits per heavy atom. The van der Waals surface area contributed by atoms with Gasteiger partial charge in [0.25, 0.3) is 0 Å². The van der Waals surface area contributed by atoms with Crippen molar-refractivity contribution < 1.29 is 22.4 Å². The highest BCUT2D eigenvalue weighted by Crippen LogP contribution is 2.44.